The molecule has 1 fully saturated rings. The molecule has 2 N–H and O–H groups in total. The third-order valence-electron chi connectivity index (χ3n) is 4.20. The van der Waals surface area contributed by atoms with Gasteiger partial charge in [-0.1, -0.05) is 30.3 Å². The highest BCUT2D eigenvalue weighted by atomic mass is 16.5. The van der Waals surface area contributed by atoms with Crippen molar-refractivity contribution in [2.24, 2.45) is 0 Å². The second-order valence-electron chi connectivity index (χ2n) is 5.87. The van der Waals surface area contributed by atoms with E-state index in [0.717, 1.165) is 12.8 Å². The molecule has 2 aromatic heterocycles. The van der Waals surface area contributed by atoms with Crippen LogP contribution in [0.1, 0.15) is 24.6 Å². The Bertz CT molecular complexity index is 836. The van der Waals surface area contributed by atoms with E-state index in [0.29, 0.717) is 30.2 Å². The highest BCUT2D eigenvalue weighted by Gasteiger charge is 2.28. The van der Waals surface area contributed by atoms with Crippen molar-refractivity contribution in [1.82, 2.24) is 19.5 Å². The van der Waals surface area contributed by atoms with Gasteiger partial charge in [0.15, 0.2) is 11.5 Å². The van der Waals surface area contributed by atoms with Gasteiger partial charge in [-0.3, -0.25) is 4.57 Å². The van der Waals surface area contributed by atoms with Crippen LogP contribution in [0.25, 0.3) is 11.2 Å². The van der Waals surface area contributed by atoms with Crippen molar-refractivity contribution in [2.75, 3.05) is 12.3 Å². The summed E-state index contributed by atoms with van der Waals surface area (Å²) >= 11 is 0. The summed E-state index contributed by atoms with van der Waals surface area (Å²) in [5.74, 6) is 0.388. The Morgan fingerprint density at radius 1 is 1.15 bits per heavy atom. The third-order valence-corrected chi connectivity index (χ3v) is 4.20. The molecule has 0 aliphatic carbocycles. The number of ether oxygens (including phenoxy) is 2. The maximum Gasteiger partial charge on any atom is 0.167 e. The number of benzene rings is 1. The van der Waals surface area contributed by atoms with Crippen molar-refractivity contribution >= 4 is 17.0 Å². The van der Waals surface area contributed by atoms with E-state index in [-0.39, 0.29) is 12.3 Å². The number of imidazole rings is 1. The number of nitrogens with zero attached hydrogens (tertiary/aromatic N) is 4. The molecule has 0 bridgehead atoms. The lowest BCUT2D eigenvalue weighted by Gasteiger charge is -2.15. The van der Waals surface area contributed by atoms with Gasteiger partial charge in [0.05, 0.1) is 25.6 Å². The van der Waals surface area contributed by atoms with Crippen LogP contribution >= 0.6 is 0 Å². The van der Waals surface area contributed by atoms with E-state index >= 15 is 0 Å². The Kier molecular flexibility index (Phi) is 5.93. The lowest BCUT2D eigenvalue weighted by atomic mass is 10.2. The van der Waals surface area contributed by atoms with Gasteiger partial charge in [0.1, 0.15) is 18.1 Å². The van der Waals surface area contributed by atoms with Crippen LogP contribution in [-0.2, 0) is 16.1 Å². The van der Waals surface area contributed by atoms with Crippen LogP contribution in [0.5, 0.6) is 0 Å². The summed E-state index contributed by atoms with van der Waals surface area (Å²) in [5, 5.41) is 0. The van der Waals surface area contributed by atoms with Crippen LogP contribution in [-0.4, -0.2) is 32.2 Å². The summed E-state index contributed by atoms with van der Waals surface area (Å²) in [4.78, 5) is 12.5. The van der Waals surface area contributed by atoms with Gasteiger partial charge in [-0.05, 0) is 18.4 Å². The Labute approximate surface area is 152 Å². The zero-order valence-electron chi connectivity index (χ0n) is 14.6. The fraction of sp³-hybridized carbons (Fsp3) is 0.316. The number of hydrogen-bond acceptors (Lipinski definition) is 6. The molecule has 26 heavy (non-hydrogen) atoms. The van der Waals surface area contributed by atoms with Crippen LogP contribution in [0.3, 0.4) is 0 Å². The van der Waals surface area contributed by atoms with E-state index in [4.69, 9.17) is 15.2 Å². The zero-order valence-corrected chi connectivity index (χ0v) is 14.6. The molecular formula is C19H23N5O2. The fourth-order valence-electron chi connectivity index (χ4n) is 2.98. The van der Waals surface area contributed by atoms with Crippen molar-refractivity contribution in [2.45, 2.75) is 31.8 Å². The molecule has 136 valence electrons. The minimum Gasteiger partial charge on any atom is -0.382 e. The van der Waals surface area contributed by atoms with Gasteiger partial charge < -0.3 is 15.2 Å². The number of hydrogen-bond donors (Lipinski definition) is 1. The first-order valence-electron chi connectivity index (χ1n) is 8.51. The second-order valence-corrected chi connectivity index (χ2v) is 5.87. The van der Waals surface area contributed by atoms with Crippen LogP contribution in [0.2, 0.25) is 0 Å². The van der Waals surface area contributed by atoms with E-state index in [1.165, 1.54) is 11.9 Å². The molecule has 1 saturated heterocycles. The van der Waals surface area contributed by atoms with Crippen LogP contribution in [0, 0.1) is 0 Å². The summed E-state index contributed by atoms with van der Waals surface area (Å²) in [7, 11) is 0. The molecule has 1 aromatic carbocycles. The van der Waals surface area contributed by atoms with E-state index in [1.54, 1.807) is 6.33 Å². The highest BCUT2D eigenvalue weighted by Crippen LogP contribution is 2.31. The summed E-state index contributed by atoms with van der Waals surface area (Å²) in [5.41, 5.74) is 8.32. The van der Waals surface area contributed by atoms with Gasteiger partial charge in [0.2, 0.25) is 0 Å². The molecule has 7 heteroatoms. The van der Waals surface area contributed by atoms with E-state index < -0.39 is 0 Å². The van der Waals surface area contributed by atoms with Gasteiger partial charge in [0.25, 0.3) is 0 Å². The minimum atomic E-state index is -0.0883. The van der Waals surface area contributed by atoms with Gasteiger partial charge in [-0.15, -0.1) is 13.2 Å². The lowest BCUT2D eigenvalue weighted by molar-refractivity contribution is -0.0433. The monoisotopic (exact) mass is 353 g/mol. The lowest BCUT2D eigenvalue weighted by Crippen LogP contribution is -2.16. The second kappa shape index (κ2) is 8.55. The number of aromatic nitrogens is 4. The van der Waals surface area contributed by atoms with Crippen LogP contribution in [0.15, 0.2) is 56.1 Å². The maximum atomic E-state index is 6.09. The fourth-order valence-corrected chi connectivity index (χ4v) is 2.98. The van der Waals surface area contributed by atoms with Crippen molar-refractivity contribution in [1.29, 1.82) is 0 Å². The first kappa shape index (κ1) is 18.0. The van der Waals surface area contributed by atoms with E-state index in [1.807, 2.05) is 22.8 Å². The first-order chi connectivity index (χ1) is 12.8. The molecule has 0 spiro atoms. The zero-order chi connectivity index (χ0) is 18.4. The minimum absolute atomic E-state index is 0.0790. The molecular weight excluding hydrogens is 330 g/mol. The van der Waals surface area contributed by atoms with Crippen molar-refractivity contribution in [3.63, 3.8) is 0 Å². The number of anilines is 1. The van der Waals surface area contributed by atoms with Crippen molar-refractivity contribution in [3.05, 3.63) is 61.7 Å². The predicted molar refractivity (Wildman–Crippen MR) is 100 cm³/mol. The molecule has 0 radical (unpaired) electrons. The summed E-state index contributed by atoms with van der Waals surface area (Å²) in [6.45, 7) is 7.18. The van der Waals surface area contributed by atoms with Gasteiger partial charge in [-0.2, -0.15) is 0 Å². The summed E-state index contributed by atoms with van der Waals surface area (Å²) in [6, 6.07) is 10.1. The third kappa shape index (κ3) is 3.89. The Hall–Kier alpha value is -2.77. The quantitative estimate of drug-likeness (QED) is 0.709. The largest absolute Gasteiger partial charge is 0.382 e. The highest BCUT2D eigenvalue weighted by molar-refractivity contribution is 5.81. The van der Waals surface area contributed by atoms with Gasteiger partial charge >= 0.3 is 0 Å². The van der Waals surface area contributed by atoms with Gasteiger partial charge in [0, 0.05) is 0 Å². The van der Waals surface area contributed by atoms with Crippen LogP contribution < -0.4 is 5.73 Å². The molecule has 0 amide bonds. The first-order valence-corrected chi connectivity index (χ1v) is 8.51. The number of fused-ring (bicyclic) bond motifs is 1. The number of nitrogens with two attached hydrogens (primary N) is 1. The predicted octanol–water partition coefficient (Wildman–Crippen LogP) is 3.11. The Morgan fingerprint density at radius 2 is 1.96 bits per heavy atom. The normalized spacial score (nSPS) is 19.2. The molecule has 3 heterocycles. The molecule has 1 aliphatic rings. The van der Waals surface area contributed by atoms with Crippen LogP contribution in [0.4, 0.5) is 5.82 Å². The number of rotatable bonds is 5. The smallest absolute Gasteiger partial charge is 0.167 e. The van der Waals surface area contributed by atoms with Crippen molar-refractivity contribution < 1.29 is 9.47 Å². The molecule has 1 aliphatic heterocycles. The summed E-state index contributed by atoms with van der Waals surface area (Å²) < 4.78 is 13.8. The van der Waals surface area contributed by atoms with E-state index in [9.17, 15) is 0 Å². The Balaban J connectivity index is 0.000000948. The summed E-state index contributed by atoms with van der Waals surface area (Å²) in [6.07, 6.45) is 5.00. The molecule has 2 atom stereocenters. The average Bonchev–Trinajstić information content (AvgIpc) is 3.32. The molecule has 3 aromatic rings. The molecule has 2 unspecified atom stereocenters. The molecule has 0 saturated carbocycles. The topological polar surface area (TPSA) is 88.1 Å². The van der Waals surface area contributed by atoms with Crippen molar-refractivity contribution in [3.8, 4) is 0 Å². The number of nitrogen functional groups attached to an aromatic ring is 1. The maximum absolute atomic E-state index is 6.09. The molecule has 7 nitrogen and oxygen atoms in total. The van der Waals surface area contributed by atoms with E-state index in [2.05, 4.69) is 40.2 Å². The van der Waals surface area contributed by atoms with Gasteiger partial charge in [-0.25, -0.2) is 15.0 Å². The average molecular weight is 353 g/mol. The standard InChI is InChI=1S/C17H19N5O2.C2H4/c18-16-15-17(20-10-19-16)22(11-21-15)14-7-6-13(24-14)9-23-8-12-4-2-1-3-5-12;1-2/h1-5,10-11,13-14H,6-9H2,(H2,18,19,20);1-2H2. The SMILES string of the molecule is C=C.Nc1ncnc2c1ncn2C1CCC(COCc2ccccc2)O1. The molecule has 4 rings (SSSR count). The Morgan fingerprint density at radius 3 is 2.77 bits per heavy atom.